The predicted molar refractivity (Wildman–Crippen MR) is 104 cm³/mol. The van der Waals surface area contributed by atoms with Crippen molar-refractivity contribution < 1.29 is 9.84 Å². The van der Waals surface area contributed by atoms with Gasteiger partial charge in [-0.05, 0) is 51.0 Å². The van der Waals surface area contributed by atoms with Gasteiger partial charge in [-0.25, -0.2) is 0 Å². The lowest BCUT2D eigenvalue weighted by atomic mass is 9.92. The van der Waals surface area contributed by atoms with Gasteiger partial charge < -0.3 is 14.7 Å². The Morgan fingerprint density at radius 2 is 1.88 bits per heavy atom. The molecule has 3 rings (SSSR count). The van der Waals surface area contributed by atoms with Gasteiger partial charge in [0.15, 0.2) is 0 Å². The van der Waals surface area contributed by atoms with E-state index in [9.17, 15) is 5.11 Å². The number of benzene rings is 2. The molecule has 0 bridgehead atoms. The van der Waals surface area contributed by atoms with Crippen LogP contribution in [0.5, 0.6) is 5.75 Å². The molecule has 3 heteroatoms. The molecule has 2 aromatic carbocycles. The van der Waals surface area contributed by atoms with E-state index in [1.54, 1.807) is 0 Å². The Hall–Kier alpha value is -2.26. The number of fused-ring (bicyclic) bond motifs is 1. The Labute approximate surface area is 150 Å². The van der Waals surface area contributed by atoms with Gasteiger partial charge in [0, 0.05) is 17.8 Å². The van der Waals surface area contributed by atoms with Crippen molar-refractivity contribution in [3.63, 3.8) is 0 Å². The molecule has 0 unspecified atom stereocenters. The van der Waals surface area contributed by atoms with Gasteiger partial charge in [0.2, 0.25) is 0 Å². The Balaban J connectivity index is 1.99. The Kier molecular flexibility index (Phi) is 4.87. The normalized spacial score (nSPS) is 15.4. The van der Waals surface area contributed by atoms with Crippen molar-refractivity contribution in [2.24, 2.45) is 0 Å². The maximum Gasteiger partial charge on any atom is 0.125 e. The van der Waals surface area contributed by atoms with Gasteiger partial charge in [-0.1, -0.05) is 42.5 Å². The van der Waals surface area contributed by atoms with Crippen LogP contribution in [-0.2, 0) is 13.2 Å². The van der Waals surface area contributed by atoms with E-state index in [4.69, 9.17) is 4.74 Å². The topological polar surface area (TPSA) is 32.7 Å². The van der Waals surface area contributed by atoms with Gasteiger partial charge in [-0.3, -0.25) is 0 Å². The van der Waals surface area contributed by atoms with Crippen LogP contribution in [0.2, 0.25) is 0 Å². The maximum atomic E-state index is 9.45. The molecule has 0 spiro atoms. The predicted octanol–water partition coefficient (Wildman–Crippen LogP) is 4.78. The Bertz CT molecular complexity index is 777. The first-order valence-corrected chi connectivity index (χ1v) is 8.86. The molecule has 0 amide bonds. The van der Waals surface area contributed by atoms with E-state index >= 15 is 0 Å². The van der Waals surface area contributed by atoms with Crippen molar-refractivity contribution in [2.75, 3.05) is 4.90 Å². The van der Waals surface area contributed by atoms with Crippen LogP contribution in [0.3, 0.4) is 0 Å². The number of hydrogen-bond donors (Lipinski definition) is 1. The molecule has 0 atom stereocenters. The van der Waals surface area contributed by atoms with Crippen molar-refractivity contribution in [3.05, 3.63) is 65.2 Å². The molecule has 0 radical (unpaired) electrons. The van der Waals surface area contributed by atoms with Crippen molar-refractivity contribution >= 4 is 11.8 Å². The molecule has 0 aliphatic carbocycles. The van der Waals surface area contributed by atoms with E-state index in [0.717, 1.165) is 23.4 Å². The van der Waals surface area contributed by atoms with E-state index in [1.807, 2.05) is 26.0 Å². The number of aliphatic hydroxyl groups is 1. The average molecular weight is 337 g/mol. The first-order chi connectivity index (χ1) is 11.9. The zero-order valence-corrected chi connectivity index (χ0v) is 15.5. The fraction of sp³-hybridized carbons (Fsp3) is 0.364. The summed E-state index contributed by atoms with van der Waals surface area (Å²) in [5.41, 5.74) is 4.39. The number of ether oxygens (including phenoxy) is 1. The fourth-order valence-corrected chi connectivity index (χ4v) is 3.22. The van der Waals surface area contributed by atoms with Crippen LogP contribution in [0.15, 0.2) is 48.5 Å². The largest absolute Gasteiger partial charge is 0.491 e. The summed E-state index contributed by atoms with van der Waals surface area (Å²) in [5, 5.41) is 9.45. The van der Waals surface area contributed by atoms with Crippen molar-refractivity contribution in [1.29, 1.82) is 0 Å². The van der Waals surface area contributed by atoms with Crippen molar-refractivity contribution in [3.8, 4) is 5.75 Å². The lowest BCUT2D eigenvalue weighted by Crippen LogP contribution is -2.44. The van der Waals surface area contributed by atoms with Gasteiger partial charge in [0.05, 0.1) is 18.2 Å². The van der Waals surface area contributed by atoms with E-state index in [1.165, 1.54) is 11.3 Å². The number of anilines is 1. The lowest BCUT2D eigenvalue weighted by Gasteiger charge is -2.42. The number of hydrogen-bond acceptors (Lipinski definition) is 3. The molecule has 2 aromatic rings. The second-order valence-corrected chi connectivity index (χ2v) is 7.40. The van der Waals surface area contributed by atoms with E-state index in [0.29, 0.717) is 0 Å². The molecular formula is C22H27NO2. The lowest BCUT2D eigenvalue weighted by molar-refractivity contribution is 0.237. The van der Waals surface area contributed by atoms with Crippen LogP contribution >= 0.6 is 0 Å². The summed E-state index contributed by atoms with van der Waals surface area (Å²) in [6.45, 7) is 9.28. The monoisotopic (exact) mass is 337 g/mol. The van der Waals surface area contributed by atoms with Gasteiger partial charge >= 0.3 is 0 Å². The summed E-state index contributed by atoms with van der Waals surface area (Å²) in [4.78, 5) is 2.41. The van der Waals surface area contributed by atoms with Crippen LogP contribution in [0.25, 0.3) is 6.08 Å². The standard InChI is InChI=1S/C22H27NO2/c1-16(2)25-21-13-17(15-24)9-10-19(21)14-23-20-8-6-5-7-18(20)11-12-22(23,3)4/h5-13,16,24H,14-15H2,1-4H3. The summed E-state index contributed by atoms with van der Waals surface area (Å²) in [6, 6.07) is 14.5. The van der Waals surface area contributed by atoms with Crippen LogP contribution in [0.4, 0.5) is 5.69 Å². The highest BCUT2D eigenvalue weighted by Gasteiger charge is 2.29. The summed E-state index contributed by atoms with van der Waals surface area (Å²) >= 11 is 0. The molecule has 0 aromatic heterocycles. The zero-order valence-electron chi connectivity index (χ0n) is 15.5. The molecule has 1 aliphatic rings. The van der Waals surface area contributed by atoms with Gasteiger partial charge in [-0.2, -0.15) is 0 Å². The molecular weight excluding hydrogens is 310 g/mol. The number of nitrogens with zero attached hydrogens (tertiary/aromatic N) is 1. The molecule has 25 heavy (non-hydrogen) atoms. The SMILES string of the molecule is CC(C)Oc1cc(CO)ccc1CN1c2ccccc2C=CC1(C)C. The molecule has 1 heterocycles. The Morgan fingerprint density at radius 1 is 1.12 bits per heavy atom. The molecule has 1 N–H and O–H groups in total. The van der Waals surface area contributed by atoms with Crippen LogP contribution < -0.4 is 9.64 Å². The number of aliphatic hydroxyl groups excluding tert-OH is 1. The highest BCUT2D eigenvalue weighted by atomic mass is 16.5. The number of para-hydroxylation sites is 1. The van der Waals surface area contributed by atoms with Gasteiger partial charge in [0.25, 0.3) is 0 Å². The molecule has 132 valence electrons. The third-order valence-corrected chi connectivity index (χ3v) is 4.60. The summed E-state index contributed by atoms with van der Waals surface area (Å²) in [5.74, 6) is 0.851. The van der Waals surface area contributed by atoms with E-state index in [2.05, 4.69) is 61.2 Å². The molecule has 1 aliphatic heterocycles. The third-order valence-electron chi connectivity index (χ3n) is 4.60. The van der Waals surface area contributed by atoms with Crippen LogP contribution in [0.1, 0.15) is 44.4 Å². The molecule has 0 saturated heterocycles. The third kappa shape index (κ3) is 3.72. The molecule has 3 nitrogen and oxygen atoms in total. The zero-order chi connectivity index (χ0) is 18.0. The van der Waals surface area contributed by atoms with Crippen molar-refractivity contribution in [2.45, 2.75) is 52.5 Å². The van der Waals surface area contributed by atoms with Gasteiger partial charge in [-0.15, -0.1) is 0 Å². The first kappa shape index (κ1) is 17.6. The quantitative estimate of drug-likeness (QED) is 0.852. The highest BCUT2D eigenvalue weighted by Crippen LogP contribution is 2.37. The fourth-order valence-electron chi connectivity index (χ4n) is 3.22. The Morgan fingerprint density at radius 3 is 2.60 bits per heavy atom. The minimum atomic E-state index is -0.0842. The minimum Gasteiger partial charge on any atom is -0.491 e. The van der Waals surface area contributed by atoms with Crippen LogP contribution in [-0.4, -0.2) is 16.7 Å². The summed E-state index contributed by atoms with van der Waals surface area (Å²) in [7, 11) is 0. The van der Waals surface area contributed by atoms with Crippen molar-refractivity contribution in [1.82, 2.24) is 0 Å². The first-order valence-electron chi connectivity index (χ1n) is 8.86. The summed E-state index contributed by atoms with van der Waals surface area (Å²) in [6.07, 6.45) is 4.54. The second kappa shape index (κ2) is 6.93. The maximum absolute atomic E-state index is 9.45. The number of rotatable bonds is 5. The molecule has 0 fully saturated rings. The summed E-state index contributed by atoms with van der Waals surface area (Å²) < 4.78 is 6.03. The van der Waals surface area contributed by atoms with E-state index in [-0.39, 0.29) is 18.2 Å². The second-order valence-electron chi connectivity index (χ2n) is 7.40. The highest BCUT2D eigenvalue weighted by molar-refractivity contribution is 5.73. The average Bonchev–Trinajstić information content (AvgIpc) is 2.58. The van der Waals surface area contributed by atoms with E-state index < -0.39 is 0 Å². The minimum absolute atomic E-state index is 0.0233. The van der Waals surface area contributed by atoms with Gasteiger partial charge in [0.1, 0.15) is 5.75 Å². The molecule has 0 saturated carbocycles. The van der Waals surface area contributed by atoms with Crippen LogP contribution in [0, 0.1) is 0 Å². The smallest absolute Gasteiger partial charge is 0.125 e.